The molecule has 1 aliphatic rings. The molecule has 132 valence electrons. The Hall–Kier alpha value is -2.21. The molecule has 1 heterocycles. The van der Waals surface area contributed by atoms with Crippen LogP contribution in [0.4, 0.5) is 18.9 Å². The summed E-state index contributed by atoms with van der Waals surface area (Å²) in [4.78, 5) is 15.9. The standard InChI is InChI=1S/C18H16ClF3N2O/c1-11-2-3-12(19)10-15(11)23-6-8-24(9-7-23)18(25)13-4-5-14(20)17(22)16(13)21/h2-5,10H,6-9H2,1H3. The molecule has 1 aliphatic heterocycles. The summed E-state index contributed by atoms with van der Waals surface area (Å²) in [5, 5.41) is 0.628. The molecule has 0 aromatic heterocycles. The zero-order valence-electron chi connectivity index (χ0n) is 13.5. The Kier molecular flexibility index (Phi) is 4.90. The van der Waals surface area contributed by atoms with E-state index < -0.39 is 28.9 Å². The highest BCUT2D eigenvalue weighted by molar-refractivity contribution is 6.30. The summed E-state index contributed by atoms with van der Waals surface area (Å²) >= 11 is 6.04. The molecule has 0 N–H and O–H groups in total. The fraction of sp³-hybridized carbons (Fsp3) is 0.278. The first-order valence-electron chi connectivity index (χ1n) is 7.82. The summed E-state index contributed by atoms with van der Waals surface area (Å²) in [6, 6.07) is 7.34. The molecule has 1 fully saturated rings. The molecular weight excluding hydrogens is 353 g/mol. The number of piperazine rings is 1. The highest BCUT2D eigenvalue weighted by Gasteiger charge is 2.26. The number of rotatable bonds is 2. The predicted octanol–water partition coefficient (Wildman–Crippen LogP) is 4.03. The van der Waals surface area contributed by atoms with E-state index in [2.05, 4.69) is 4.90 Å². The van der Waals surface area contributed by atoms with Crippen molar-refractivity contribution in [2.75, 3.05) is 31.1 Å². The average Bonchev–Trinajstić information content (AvgIpc) is 2.61. The lowest BCUT2D eigenvalue weighted by Crippen LogP contribution is -2.49. The summed E-state index contributed by atoms with van der Waals surface area (Å²) in [7, 11) is 0. The number of nitrogens with zero attached hydrogens (tertiary/aromatic N) is 2. The Morgan fingerprint density at radius 1 is 1.00 bits per heavy atom. The third kappa shape index (κ3) is 3.44. The molecule has 0 saturated carbocycles. The second kappa shape index (κ2) is 6.96. The Bertz CT molecular complexity index is 820. The van der Waals surface area contributed by atoms with Crippen LogP contribution < -0.4 is 4.90 Å². The van der Waals surface area contributed by atoms with Crippen LogP contribution in [0.5, 0.6) is 0 Å². The minimum Gasteiger partial charge on any atom is -0.368 e. The summed E-state index contributed by atoms with van der Waals surface area (Å²) in [5.41, 5.74) is 1.60. The van der Waals surface area contributed by atoms with E-state index in [-0.39, 0.29) is 0 Å². The van der Waals surface area contributed by atoms with E-state index in [1.165, 1.54) is 4.90 Å². The van der Waals surface area contributed by atoms with Crippen molar-refractivity contribution in [3.8, 4) is 0 Å². The molecule has 1 saturated heterocycles. The van der Waals surface area contributed by atoms with Crippen LogP contribution in [-0.4, -0.2) is 37.0 Å². The van der Waals surface area contributed by atoms with Crippen molar-refractivity contribution in [3.63, 3.8) is 0 Å². The van der Waals surface area contributed by atoms with Crippen molar-refractivity contribution >= 4 is 23.2 Å². The van der Waals surface area contributed by atoms with E-state index in [1.807, 2.05) is 25.1 Å². The van der Waals surface area contributed by atoms with Gasteiger partial charge in [0.15, 0.2) is 17.5 Å². The molecule has 7 heteroatoms. The van der Waals surface area contributed by atoms with Crippen molar-refractivity contribution in [2.24, 2.45) is 0 Å². The van der Waals surface area contributed by atoms with Gasteiger partial charge in [-0.05, 0) is 36.8 Å². The monoisotopic (exact) mass is 368 g/mol. The highest BCUT2D eigenvalue weighted by Crippen LogP contribution is 2.26. The van der Waals surface area contributed by atoms with Crippen molar-refractivity contribution in [3.05, 3.63) is 63.9 Å². The number of aryl methyl sites for hydroxylation is 1. The quantitative estimate of drug-likeness (QED) is 0.747. The number of halogens is 4. The van der Waals surface area contributed by atoms with E-state index in [1.54, 1.807) is 0 Å². The molecule has 3 nitrogen and oxygen atoms in total. The maximum Gasteiger partial charge on any atom is 0.257 e. The number of carbonyl (C=O) groups excluding carboxylic acids is 1. The Balaban J connectivity index is 1.73. The van der Waals surface area contributed by atoms with Gasteiger partial charge in [0.25, 0.3) is 5.91 Å². The van der Waals surface area contributed by atoms with Crippen molar-refractivity contribution in [2.45, 2.75) is 6.92 Å². The van der Waals surface area contributed by atoms with E-state index in [4.69, 9.17) is 11.6 Å². The van der Waals surface area contributed by atoms with Gasteiger partial charge in [0.1, 0.15) is 0 Å². The van der Waals surface area contributed by atoms with Crippen LogP contribution >= 0.6 is 11.6 Å². The number of hydrogen-bond acceptors (Lipinski definition) is 2. The van der Waals surface area contributed by atoms with Gasteiger partial charge in [-0.25, -0.2) is 13.2 Å². The minimum atomic E-state index is -1.63. The fourth-order valence-corrected chi connectivity index (χ4v) is 3.10. The number of carbonyl (C=O) groups is 1. The topological polar surface area (TPSA) is 23.6 Å². The van der Waals surface area contributed by atoms with Gasteiger partial charge in [0.2, 0.25) is 0 Å². The Morgan fingerprint density at radius 3 is 2.36 bits per heavy atom. The molecule has 0 radical (unpaired) electrons. The van der Waals surface area contributed by atoms with Crippen LogP contribution in [0, 0.1) is 24.4 Å². The van der Waals surface area contributed by atoms with Crippen LogP contribution in [-0.2, 0) is 0 Å². The highest BCUT2D eigenvalue weighted by atomic mass is 35.5. The molecule has 0 spiro atoms. The lowest BCUT2D eigenvalue weighted by atomic mass is 10.1. The van der Waals surface area contributed by atoms with Crippen LogP contribution in [0.15, 0.2) is 30.3 Å². The molecule has 2 aromatic rings. The van der Waals surface area contributed by atoms with Crippen LogP contribution in [0.25, 0.3) is 0 Å². The van der Waals surface area contributed by atoms with Crippen LogP contribution in [0.3, 0.4) is 0 Å². The van der Waals surface area contributed by atoms with Gasteiger partial charge in [-0.15, -0.1) is 0 Å². The van der Waals surface area contributed by atoms with Crippen molar-refractivity contribution in [1.29, 1.82) is 0 Å². The third-order valence-corrected chi connectivity index (χ3v) is 4.58. The predicted molar refractivity (Wildman–Crippen MR) is 90.6 cm³/mol. The SMILES string of the molecule is Cc1ccc(Cl)cc1N1CCN(C(=O)c2ccc(F)c(F)c2F)CC1. The Morgan fingerprint density at radius 2 is 1.68 bits per heavy atom. The van der Waals surface area contributed by atoms with E-state index in [9.17, 15) is 18.0 Å². The first kappa shape index (κ1) is 17.6. The summed E-state index contributed by atoms with van der Waals surface area (Å²) < 4.78 is 40.2. The zero-order valence-corrected chi connectivity index (χ0v) is 14.3. The van der Waals surface area contributed by atoms with Crippen LogP contribution in [0.2, 0.25) is 5.02 Å². The van der Waals surface area contributed by atoms with Gasteiger partial charge in [-0.1, -0.05) is 17.7 Å². The van der Waals surface area contributed by atoms with Gasteiger partial charge >= 0.3 is 0 Å². The molecule has 3 rings (SSSR count). The van der Waals surface area contributed by atoms with Gasteiger partial charge in [-0.2, -0.15) is 0 Å². The first-order valence-corrected chi connectivity index (χ1v) is 8.20. The fourth-order valence-electron chi connectivity index (χ4n) is 2.94. The molecule has 0 atom stereocenters. The van der Waals surface area contributed by atoms with Crippen molar-refractivity contribution in [1.82, 2.24) is 4.90 Å². The van der Waals surface area contributed by atoms with E-state index in [0.717, 1.165) is 23.4 Å². The molecular formula is C18H16ClF3N2O. The number of benzene rings is 2. The maximum absolute atomic E-state index is 13.8. The van der Waals surface area contributed by atoms with Gasteiger partial charge in [0.05, 0.1) is 5.56 Å². The second-order valence-corrected chi connectivity index (χ2v) is 6.37. The first-order chi connectivity index (χ1) is 11.9. The molecule has 0 aliphatic carbocycles. The smallest absolute Gasteiger partial charge is 0.257 e. The zero-order chi connectivity index (χ0) is 18.1. The lowest BCUT2D eigenvalue weighted by Gasteiger charge is -2.37. The van der Waals surface area contributed by atoms with Gasteiger partial charge in [0, 0.05) is 36.9 Å². The molecule has 0 unspecified atom stereocenters. The normalized spacial score (nSPS) is 14.8. The summed E-state index contributed by atoms with van der Waals surface area (Å²) in [6.45, 7) is 3.75. The molecule has 1 amide bonds. The number of anilines is 1. The minimum absolute atomic E-state index is 0.350. The largest absolute Gasteiger partial charge is 0.368 e. The summed E-state index contributed by atoms with van der Waals surface area (Å²) in [5.74, 6) is -5.02. The number of amides is 1. The average molecular weight is 369 g/mol. The second-order valence-electron chi connectivity index (χ2n) is 5.93. The third-order valence-electron chi connectivity index (χ3n) is 4.34. The molecule has 0 bridgehead atoms. The van der Waals surface area contributed by atoms with Crippen molar-refractivity contribution < 1.29 is 18.0 Å². The number of hydrogen-bond donors (Lipinski definition) is 0. The lowest BCUT2D eigenvalue weighted by molar-refractivity contribution is 0.0740. The van der Waals surface area contributed by atoms with Gasteiger partial charge in [-0.3, -0.25) is 4.79 Å². The van der Waals surface area contributed by atoms with E-state index in [0.29, 0.717) is 31.2 Å². The molecule has 2 aromatic carbocycles. The molecule has 25 heavy (non-hydrogen) atoms. The van der Waals surface area contributed by atoms with Gasteiger partial charge < -0.3 is 9.80 Å². The Labute approximate surface area is 148 Å². The summed E-state index contributed by atoms with van der Waals surface area (Å²) in [6.07, 6.45) is 0. The van der Waals surface area contributed by atoms with Crippen LogP contribution in [0.1, 0.15) is 15.9 Å². The van der Waals surface area contributed by atoms with E-state index >= 15 is 0 Å². The maximum atomic E-state index is 13.8.